The zero-order chi connectivity index (χ0) is 23.8. The second-order valence-electron chi connectivity index (χ2n) is 7.78. The van der Waals surface area contributed by atoms with E-state index in [1.807, 2.05) is 36.4 Å². The van der Waals surface area contributed by atoms with Crippen LogP contribution in [-0.4, -0.2) is 25.1 Å². The predicted octanol–water partition coefficient (Wildman–Crippen LogP) is 7.28. The maximum Gasteiger partial charge on any atom is 0.341 e. The monoisotopic (exact) mass is 529 g/mol. The number of hydrogen-bond donors (Lipinski definition) is 1. The van der Waals surface area contributed by atoms with Crippen LogP contribution in [0.4, 0.5) is 5.00 Å². The zero-order valence-corrected chi connectivity index (χ0v) is 21.4. The number of rotatable bonds is 10. The van der Waals surface area contributed by atoms with E-state index in [2.05, 4.69) is 47.2 Å². The van der Waals surface area contributed by atoms with Crippen LogP contribution in [0.3, 0.4) is 0 Å². The molecule has 1 N–H and O–H groups in total. The molecular weight excluding hydrogens is 502 g/mol. The predicted molar refractivity (Wildman–Crippen MR) is 137 cm³/mol. The summed E-state index contributed by atoms with van der Waals surface area (Å²) in [5, 5.41) is 3.39. The number of carbonyl (C=O) groups excluding carboxylic acids is 2. The molecule has 0 bridgehead atoms. The fourth-order valence-electron chi connectivity index (χ4n) is 3.19. The van der Waals surface area contributed by atoms with Gasteiger partial charge in [0.1, 0.15) is 10.8 Å². The first-order valence-corrected chi connectivity index (χ1v) is 12.6. The van der Waals surface area contributed by atoms with Gasteiger partial charge >= 0.3 is 5.97 Å². The van der Waals surface area contributed by atoms with Crippen LogP contribution >= 0.6 is 27.3 Å². The Hall–Kier alpha value is -2.64. The maximum absolute atomic E-state index is 12.6. The van der Waals surface area contributed by atoms with E-state index in [9.17, 15) is 9.59 Å². The van der Waals surface area contributed by atoms with E-state index in [4.69, 9.17) is 9.47 Å². The highest BCUT2D eigenvalue weighted by atomic mass is 79.9. The quantitative estimate of drug-likeness (QED) is 0.221. The molecule has 2 aromatic carbocycles. The SMILES string of the molecule is CCOC(=O)c1cc(-c2ccccc2)sc1NC(=O)CCCOc1ccc(C(C)C)cc1Br. The Morgan fingerprint density at radius 1 is 1.09 bits per heavy atom. The number of ether oxygens (including phenoxy) is 2. The zero-order valence-electron chi connectivity index (χ0n) is 19.0. The summed E-state index contributed by atoms with van der Waals surface area (Å²) in [6.07, 6.45) is 0.832. The third kappa shape index (κ3) is 6.92. The van der Waals surface area contributed by atoms with Crippen LogP contribution in [0.25, 0.3) is 10.4 Å². The number of nitrogens with one attached hydrogen (secondary N) is 1. The molecule has 0 atom stereocenters. The van der Waals surface area contributed by atoms with E-state index in [-0.39, 0.29) is 18.9 Å². The molecule has 7 heteroatoms. The number of esters is 1. The Balaban J connectivity index is 1.59. The smallest absolute Gasteiger partial charge is 0.341 e. The number of amides is 1. The van der Waals surface area contributed by atoms with Gasteiger partial charge in [0.05, 0.1) is 23.2 Å². The van der Waals surface area contributed by atoms with Crippen molar-refractivity contribution < 1.29 is 19.1 Å². The van der Waals surface area contributed by atoms with Gasteiger partial charge in [0.2, 0.25) is 5.91 Å². The molecular formula is C26H28BrNO4S. The van der Waals surface area contributed by atoms with Crippen molar-refractivity contribution in [3.63, 3.8) is 0 Å². The van der Waals surface area contributed by atoms with E-state index < -0.39 is 5.97 Å². The lowest BCUT2D eigenvalue weighted by Crippen LogP contribution is -2.14. The molecule has 3 rings (SSSR count). The molecule has 0 aliphatic rings. The van der Waals surface area contributed by atoms with Crippen molar-refractivity contribution >= 4 is 44.1 Å². The van der Waals surface area contributed by atoms with Gasteiger partial charge < -0.3 is 14.8 Å². The van der Waals surface area contributed by atoms with Gasteiger partial charge in [0.25, 0.3) is 0 Å². The summed E-state index contributed by atoms with van der Waals surface area (Å²) in [4.78, 5) is 25.9. The lowest BCUT2D eigenvalue weighted by atomic mass is 10.0. The molecule has 3 aromatic rings. The Morgan fingerprint density at radius 2 is 1.85 bits per heavy atom. The highest BCUT2D eigenvalue weighted by Gasteiger charge is 2.19. The topological polar surface area (TPSA) is 64.6 Å². The summed E-state index contributed by atoms with van der Waals surface area (Å²) < 4.78 is 11.9. The van der Waals surface area contributed by atoms with Gasteiger partial charge in [-0.3, -0.25) is 4.79 Å². The van der Waals surface area contributed by atoms with Gasteiger partial charge in [-0.05, 0) is 64.5 Å². The number of halogens is 1. The molecule has 1 heterocycles. The van der Waals surface area contributed by atoms with Crippen molar-refractivity contribution in [1.29, 1.82) is 0 Å². The number of anilines is 1. The summed E-state index contributed by atoms with van der Waals surface area (Å²) in [5.41, 5.74) is 2.59. The highest BCUT2D eigenvalue weighted by molar-refractivity contribution is 9.10. The van der Waals surface area contributed by atoms with Gasteiger partial charge in [-0.25, -0.2) is 4.79 Å². The standard InChI is InChI=1S/C26H28BrNO4S/c1-4-31-26(30)20-16-23(18-9-6-5-7-10-18)33-25(20)28-24(29)11-8-14-32-22-13-12-19(17(2)3)15-21(22)27/h5-7,9-10,12-13,15-17H,4,8,11,14H2,1-3H3,(H,28,29). The van der Waals surface area contributed by atoms with Crippen molar-refractivity contribution in [1.82, 2.24) is 0 Å². The molecule has 0 unspecified atom stereocenters. The van der Waals surface area contributed by atoms with Crippen LogP contribution < -0.4 is 10.1 Å². The number of hydrogen-bond acceptors (Lipinski definition) is 5. The van der Waals surface area contributed by atoms with E-state index >= 15 is 0 Å². The van der Waals surface area contributed by atoms with Crippen LogP contribution in [0.15, 0.2) is 59.1 Å². The molecule has 5 nitrogen and oxygen atoms in total. The van der Waals surface area contributed by atoms with Crippen molar-refractivity contribution in [2.75, 3.05) is 18.5 Å². The van der Waals surface area contributed by atoms with Gasteiger partial charge in [0, 0.05) is 11.3 Å². The molecule has 0 radical (unpaired) electrons. The summed E-state index contributed by atoms with van der Waals surface area (Å²) in [5.74, 6) is 0.595. The molecule has 0 spiro atoms. The van der Waals surface area contributed by atoms with Crippen LogP contribution in [-0.2, 0) is 9.53 Å². The van der Waals surface area contributed by atoms with E-state index in [0.717, 1.165) is 20.7 Å². The second-order valence-corrected chi connectivity index (χ2v) is 9.69. The Kier molecular flexibility index (Phi) is 9.09. The summed E-state index contributed by atoms with van der Waals surface area (Å²) in [6, 6.07) is 17.6. The van der Waals surface area contributed by atoms with Crippen LogP contribution in [0.2, 0.25) is 0 Å². The van der Waals surface area contributed by atoms with Crippen molar-refractivity contribution in [2.24, 2.45) is 0 Å². The Bertz CT molecular complexity index is 1090. The maximum atomic E-state index is 12.6. The molecule has 0 aliphatic carbocycles. The van der Waals surface area contributed by atoms with Gasteiger partial charge in [-0.15, -0.1) is 11.3 Å². The first kappa shape index (κ1) is 25.0. The van der Waals surface area contributed by atoms with Crippen molar-refractivity contribution in [3.05, 3.63) is 70.2 Å². The minimum absolute atomic E-state index is 0.167. The highest BCUT2D eigenvalue weighted by Crippen LogP contribution is 2.36. The minimum Gasteiger partial charge on any atom is -0.492 e. The average molecular weight is 530 g/mol. The molecule has 0 aliphatic heterocycles. The molecule has 1 aromatic heterocycles. The fraction of sp³-hybridized carbons (Fsp3) is 0.308. The molecule has 0 saturated heterocycles. The minimum atomic E-state index is -0.441. The first-order chi connectivity index (χ1) is 15.9. The third-order valence-corrected chi connectivity index (χ3v) is 6.69. The average Bonchev–Trinajstić information content (AvgIpc) is 3.22. The lowest BCUT2D eigenvalue weighted by Gasteiger charge is -2.11. The number of thiophene rings is 1. The molecule has 1 amide bonds. The van der Waals surface area contributed by atoms with Crippen molar-refractivity contribution in [3.8, 4) is 16.2 Å². The summed E-state index contributed by atoms with van der Waals surface area (Å²) >= 11 is 4.92. The first-order valence-electron chi connectivity index (χ1n) is 11.0. The number of benzene rings is 2. The van der Waals surface area contributed by atoms with Crippen LogP contribution in [0.5, 0.6) is 5.75 Å². The largest absolute Gasteiger partial charge is 0.492 e. The summed E-state index contributed by atoms with van der Waals surface area (Å²) in [7, 11) is 0. The molecule has 0 saturated carbocycles. The second kappa shape index (κ2) is 12.0. The van der Waals surface area contributed by atoms with Gasteiger partial charge in [-0.2, -0.15) is 0 Å². The number of carbonyl (C=O) groups is 2. The van der Waals surface area contributed by atoms with Crippen molar-refractivity contribution in [2.45, 2.75) is 39.5 Å². The molecule has 174 valence electrons. The normalized spacial score (nSPS) is 10.8. The third-order valence-electron chi connectivity index (χ3n) is 4.97. The fourth-order valence-corrected chi connectivity index (χ4v) is 4.76. The van der Waals surface area contributed by atoms with E-state index in [1.165, 1.54) is 16.9 Å². The van der Waals surface area contributed by atoms with Crippen LogP contribution in [0.1, 0.15) is 55.5 Å². The van der Waals surface area contributed by atoms with E-state index in [1.54, 1.807) is 13.0 Å². The van der Waals surface area contributed by atoms with Crippen LogP contribution in [0, 0.1) is 0 Å². The Labute approximate surface area is 207 Å². The lowest BCUT2D eigenvalue weighted by molar-refractivity contribution is -0.116. The molecule has 0 fully saturated rings. The van der Waals surface area contributed by atoms with E-state index in [0.29, 0.717) is 29.5 Å². The Morgan fingerprint density at radius 3 is 2.52 bits per heavy atom. The molecule has 33 heavy (non-hydrogen) atoms. The summed E-state index contributed by atoms with van der Waals surface area (Å²) in [6.45, 7) is 6.73. The van der Waals surface area contributed by atoms with Gasteiger partial charge in [0.15, 0.2) is 0 Å². The van der Waals surface area contributed by atoms with Gasteiger partial charge in [-0.1, -0.05) is 50.2 Å².